The maximum Gasteiger partial charge on any atom is 0.222 e. The van der Waals surface area contributed by atoms with Crippen molar-refractivity contribution in [3.63, 3.8) is 0 Å². The van der Waals surface area contributed by atoms with Gasteiger partial charge in [-0.2, -0.15) is 0 Å². The van der Waals surface area contributed by atoms with Crippen molar-refractivity contribution in [2.24, 2.45) is 5.73 Å². The molecule has 0 bridgehead atoms. The number of morpholine rings is 1. The summed E-state index contributed by atoms with van der Waals surface area (Å²) in [7, 11) is -3.27. The molecule has 1 atom stereocenters. The van der Waals surface area contributed by atoms with E-state index in [1.54, 1.807) is 0 Å². The summed E-state index contributed by atoms with van der Waals surface area (Å²) in [5.74, 6) is -3.48. The van der Waals surface area contributed by atoms with Gasteiger partial charge in [-0.15, -0.1) is 11.3 Å². The molecule has 2 aromatic carbocycles. The molecule has 1 amide bonds. The summed E-state index contributed by atoms with van der Waals surface area (Å²) in [5.41, 5.74) is 5.61. The first kappa shape index (κ1) is 30.7. The molecule has 3 aromatic rings. The first-order chi connectivity index (χ1) is 20.0. The molecule has 2 aliphatic rings. The molecule has 0 saturated carbocycles. The van der Waals surface area contributed by atoms with Gasteiger partial charge in [0, 0.05) is 38.2 Å². The molecule has 228 valence electrons. The van der Waals surface area contributed by atoms with Crippen molar-refractivity contribution in [3.8, 4) is 5.75 Å². The molecule has 9 nitrogen and oxygen atoms in total. The number of hydrogen-bond acceptors (Lipinski definition) is 9. The molecule has 5 rings (SSSR count). The number of rotatable bonds is 10. The Morgan fingerprint density at radius 1 is 1.12 bits per heavy atom. The number of carbonyl (C=O) groups excluding carboxylic acids is 1. The van der Waals surface area contributed by atoms with Crippen LogP contribution in [-0.2, 0) is 31.3 Å². The lowest BCUT2D eigenvalue weighted by atomic mass is 9.92. The number of hydrogen-bond donors (Lipinski definition) is 2. The molecule has 2 aliphatic heterocycles. The number of nitrogens with one attached hydrogen (secondary N) is 1. The number of amides is 1. The topological polar surface area (TPSA) is 124 Å². The number of ether oxygens (including phenoxy) is 2. The zero-order chi connectivity index (χ0) is 29.9. The van der Waals surface area contributed by atoms with Crippen LogP contribution in [0.3, 0.4) is 0 Å². The Bertz CT molecular complexity index is 1530. The van der Waals surface area contributed by atoms with E-state index in [0.717, 1.165) is 30.4 Å². The molecule has 42 heavy (non-hydrogen) atoms. The van der Waals surface area contributed by atoms with Crippen LogP contribution in [0.4, 0.5) is 13.2 Å². The maximum absolute atomic E-state index is 14.1. The van der Waals surface area contributed by atoms with E-state index in [4.69, 9.17) is 20.2 Å². The van der Waals surface area contributed by atoms with Gasteiger partial charge in [0.15, 0.2) is 21.5 Å². The fourth-order valence-electron chi connectivity index (χ4n) is 5.23. The van der Waals surface area contributed by atoms with Crippen molar-refractivity contribution in [3.05, 3.63) is 58.4 Å². The fraction of sp³-hybridized carbons (Fsp3) is 0.500. The highest BCUT2D eigenvalue weighted by Crippen LogP contribution is 2.39. The first-order valence-corrected chi connectivity index (χ1v) is 16.4. The molecule has 3 heterocycles. The summed E-state index contributed by atoms with van der Waals surface area (Å²) < 4.78 is 77.7. The van der Waals surface area contributed by atoms with Crippen LogP contribution in [0.2, 0.25) is 0 Å². The highest BCUT2D eigenvalue weighted by atomic mass is 32.2. The fourth-order valence-corrected chi connectivity index (χ4v) is 7.95. The van der Waals surface area contributed by atoms with Crippen molar-refractivity contribution in [2.45, 2.75) is 37.3 Å². The summed E-state index contributed by atoms with van der Waals surface area (Å²) in [5, 5.41) is 3.55. The molecule has 0 unspecified atom stereocenters. The van der Waals surface area contributed by atoms with Gasteiger partial charge in [-0.1, -0.05) is 0 Å². The Morgan fingerprint density at radius 3 is 2.57 bits per heavy atom. The van der Waals surface area contributed by atoms with Crippen LogP contribution in [0.1, 0.15) is 29.8 Å². The van der Waals surface area contributed by atoms with Crippen LogP contribution in [0, 0.1) is 17.5 Å². The van der Waals surface area contributed by atoms with Gasteiger partial charge in [-0.05, 0) is 49.1 Å². The van der Waals surface area contributed by atoms with E-state index >= 15 is 0 Å². The SMILES string of the molecule is N[C@@H](CC(=O)NC1(c2nc3ccc(OCCN4CCOCC4)cc3s2)CCS(=O)(=O)CC1)Cc1cc(F)c(F)cc1F. The van der Waals surface area contributed by atoms with Crippen molar-refractivity contribution in [2.75, 3.05) is 51.0 Å². The average Bonchev–Trinajstić information content (AvgIpc) is 3.38. The number of sulfone groups is 1. The second kappa shape index (κ2) is 12.8. The highest BCUT2D eigenvalue weighted by molar-refractivity contribution is 7.91. The summed E-state index contributed by atoms with van der Waals surface area (Å²) in [6.45, 7) is 4.47. The van der Waals surface area contributed by atoms with E-state index < -0.39 is 44.8 Å². The van der Waals surface area contributed by atoms with Gasteiger partial charge in [-0.3, -0.25) is 9.69 Å². The van der Waals surface area contributed by atoms with Crippen molar-refractivity contribution in [1.29, 1.82) is 0 Å². The lowest BCUT2D eigenvalue weighted by Crippen LogP contribution is -2.51. The number of benzene rings is 2. The van der Waals surface area contributed by atoms with Crippen molar-refractivity contribution < 1.29 is 35.9 Å². The second-order valence-corrected chi connectivity index (χ2v) is 14.1. The van der Waals surface area contributed by atoms with E-state index in [-0.39, 0.29) is 42.8 Å². The summed E-state index contributed by atoms with van der Waals surface area (Å²) in [6, 6.07) is 5.84. The minimum atomic E-state index is -3.27. The zero-order valence-electron chi connectivity index (χ0n) is 22.9. The summed E-state index contributed by atoms with van der Waals surface area (Å²) in [4.78, 5) is 20.2. The molecule has 2 fully saturated rings. The minimum Gasteiger partial charge on any atom is -0.492 e. The third-order valence-corrected chi connectivity index (χ3v) is 10.5. The van der Waals surface area contributed by atoms with Gasteiger partial charge in [-0.25, -0.2) is 26.6 Å². The van der Waals surface area contributed by atoms with Gasteiger partial charge < -0.3 is 20.5 Å². The lowest BCUT2D eigenvalue weighted by Gasteiger charge is -2.36. The van der Waals surface area contributed by atoms with E-state index in [2.05, 4.69) is 10.2 Å². The minimum absolute atomic E-state index is 0.120. The molecule has 0 spiro atoms. The molecule has 14 heteroatoms. The largest absolute Gasteiger partial charge is 0.492 e. The Hall–Kier alpha value is -2.78. The Labute approximate surface area is 246 Å². The molecule has 0 radical (unpaired) electrons. The van der Waals surface area contributed by atoms with Gasteiger partial charge in [0.2, 0.25) is 5.91 Å². The number of aromatic nitrogens is 1. The van der Waals surface area contributed by atoms with Gasteiger partial charge in [0.05, 0.1) is 40.5 Å². The maximum atomic E-state index is 14.1. The highest BCUT2D eigenvalue weighted by Gasteiger charge is 2.42. The number of thiazole rings is 1. The second-order valence-electron chi connectivity index (χ2n) is 10.8. The number of halogens is 3. The monoisotopic (exact) mass is 626 g/mol. The normalized spacial score (nSPS) is 19.4. The molecular formula is C28H33F3N4O5S2. The average molecular weight is 627 g/mol. The Balaban J connectivity index is 1.29. The number of nitrogens with two attached hydrogens (primary N) is 1. The zero-order valence-corrected chi connectivity index (χ0v) is 24.5. The van der Waals surface area contributed by atoms with E-state index in [9.17, 15) is 26.4 Å². The van der Waals surface area contributed by atoms with Crippen LogP contribution >= 0.6 is 11.3 Å². The van der Waals surface area contributed by atoms with Crippen LogP contribution in [-0.4, -0.2) is 81.2 Å². The van der Waals surface area contributed by atoms with Gasteiger partial charge in [0.1, 0.15) is 23.2 Å². The summed E-state index contributed by atoms with van der Waals surface area (Å²) >= 11 is 1.36. The quantitative estimate of drug-likeness (QED) is 0.330. The molecule has 3 N–H and O–H groups in total. The molecule has 2 saturated heterocycles. The predicted octanol–water partition coefficient (Wildman–Crippen LogP) is 2.90. The van der Waals surface area contributed by atoms with E-state index in [1.165, 1.54) is 11.3 Å². The third kappa shape index (κ3) is 7.40. The number of nitrogens with zero attached hydrogens (tertiary/aromatic N) is 2. The third-order valence-electron chi connectivity index (χ3n) is 7.63. The number of carbonyl (C=O) groups is 1. The van der Waals surface area contributed by atoms with E-state index in [0.29, 0.717) is 42.2 Å². The summed E-state index contributed by atoms with van der Waals surface area (Å²) in [6.07, 6.45) is -0.153. The van der Waals surface area contributed by atoms with Crippen LogP contribution in [0.5, 0.6) is 5.75 Å². The van der Waals surface area contributed by atoms with Crippen LogP contribution in [0.15, 0.2) is 30.3 Å². The molecule has 1 aromatic heterocycles. The Morgan fingerprint density at radius 2 is 1.83 bits per heavy atom. The smallest absolute Gasteiger partial charge is 0.222 e. The lowest BCUT2D eigenvalue weighted by molar-refractivity contribution is -0.123. The van der Waals surface area contributed by atoms with Crippen molar-refractivity contribution in [1.82, 2.24) is 15.2 Å². The number of fused-ring (bicyclic) bond motifs is 1. The van der Waals surface area contributed by atoms with Gasteiger partial charge >= 0.3 is 0 Å². The van der Waals surface area contributed by atoms with E-state index in [1.807, 2.05) is 18.2 Å². The molecule has 0 aliphatic carbocycles. The van der Waals surface area contributed by atoms with Gasteiger partial charge in [0.25, 0.3) is 0 Å². The predicted molar refractivity (Wildman–Crippen MR) is 153 cm³/mol. The van der Waals surface area contributed by atoms with Crippen LogP contribution in [0.25, 0.3) is 10.2 Å². The first-order valence-electron chi connectivity index (χ1n) is 13.8. The standard InChI is InChI=1S/C28H33F3N4O5S2/c29-21-17-23(31)22(30)14-18(21)13-19(32)15-26(36)34-28(3-11-42(37,38)12-4-28)27-33-24-2-1-20(16-25(24)41-27)40-10-7-35-5-8-39-9-6-35/h1-2,14,16-17,19H,3-13,15,32H2,(H,34,36)/t19-/m1/s1. The van der Waals surface area contributed by atoms with Crippen molar-refractivity contribution >= 4 is 37.3 Å². The Kier molecular flexibility index (Phi) is 9.38. The van der Waals surface area contributed by atoms with Crippen LogP contribution < -0.4 is 15.8 Å². The molecular weight excluding hydrogens is 593 g/mol.